The van der Waals surface area contributed by atoms with Gasteiger partial charge in [0.05, 0.1) is 12.1 Å². The largest absolute Gasteiger partial charge is 0.376 e. The third-order valence-electron chi connectivity index (χ3n) is 4.50. The van der Waals surface area contributed by atoms with Gasteiger partial charge in [0.15, 0.2) is 0 Å². The summed E-state index contributed by atoms with van der Waals surface area (Å²) in [7, 11) is 0. The van der Waals surface area contributed by atoms with Crippen molar-refractivity contribution in [3.63, 3.8) is 0 Å². The maximum absolute atomic E-state index is 6.26. The number of nitrogens with one attached hydrogen (secondary N) is 1. The van der Waals surface area contributed by atoms with Gasteiger partial charge in [-0.1, -0.05) is 52.0 Å². The van der Waals surface area contributed by atoms with Crippen LogP contribution in [0.2, 0.25) is 0 Å². The van der Waals surface area contributed by atoms with Gasteiger partial charge in [-0.05, 0) is 48.8 Å². The molecule has 0 saturated carbocycles. The smallest absolute Gasteiger partial charge is 0.0775 e. The van der Waals surface area contributed by atoms with Crippen LogP contribution in [0.15, 0.2) is 24.3 Å². The van der Waals surface area contributed by atoms with Gasteiger partial charge in [0, 0.05) is 6.61 Å². The molecule has 0 heterocycles. The van der Waals surface area contributed by atoms with Gasteiger partial charge in [0.2, 0.25) is 0 Å². The monoisotopic (exact) mass is 289 g/mol. The van der Waals surface area contributed by atoms with Crippen LogP contribution in [0.1, 0.15) is 70.0 Å². The van der Waals surface area contributed by atoms with Gasteiger partial charge in [-0.15, -0.1) is 0 Å². The second-order valence-electron chi connectivity index (χ2n) is 6.75. The molecule has 118 valence electrons. The molecule has 21 heavy (non-hydrogen) atoms. The molecule has 2 nitrogen and oxygen atoms in total. The molecule has 1 aromatic rings. The zero-order valence-corrected chi connectivity index (χ0v) is 14.1. The molecule has 0 saturated heterocycles. The van der Waals surface area contributed by atoms with Crippen LogP contribution in [-0.4, -0.2) is 19.3 Å². The third kappa shape index (κ3) is 4.31. The van der Waals surface area contributed by atoms with Crippen molar-refractivity contribution in [2.24, 2.45) is 5.92 Å². The summed E-state index contributed by atoms with van der Waals surface area (Å²) in [5.74, 6) is 1.36. The Bertz CT molecular complexity index is 429. The van der Waals surface area contributed by atoms with E-state index in [0.29, 0.717) is 18.1 Å². The van der Waals surface area contributed by atoms with Crippen molar-refractivity contribution in [1.29, 1.82) is 0 Å². The van der Waals surface area contributed by atoms with E-state index in [-0.39, 0.29) is 0 Å². The molecular formula is C19H31NO. The maximum atomic E-state index is 6.26. The van der Waals surface area contributed by atoms with Crippen LogP contribution in [0.25, 0.3) is 0 Å². The fraction of sp³-hybridized carbons (Fsp3) is 0.684. The summed E-state index contributed by atoms with van der Waals surface area (Å²) in [5.41, 5.74) is 2.93. The number of hydrogen-bond donors (Lipinski definition) is 1. The number of ether oxygens (including phenoxy) is 1. The average Bonchev–Trinajstić information content (AvgIpc) is 2.47. The highest BCUT2D eigenvalue weighted by Gasteiger charge is 2.32. The summed E-state index contributed by atoms with van der Waals surface area (Å²) in [6, 6.07) is 9.20. The van der Waals surface area contributed by atoms with E-state index in [2.05, 4.69) is 57.3 Å². The van der Waals surface area contributed by atoms with E-state index in [9.17, 15) is 0 Å². The van der Waals surface area contributed by atoms with Crippen molar-refractivity contribution in [1.82, 2.24) is 5.32 Å². The Labute approximate surface area is 130 Å². The molecule has 1 aromatic carbocycles. The molecule has 0 bridgehead atoms. The molecule has 0 aliphatic heterocycles. The fourth-order valence-corrected chi connectivity index (χ4v) is 3.41. The van der Waals surface area contributed by atoms with Crippen LogP contribution in [0, 0.1) is 5.92 Å². The molecule has 0 fully saturated rings. The topological polar surface area (TPSA) is 21.3 Å². The minimum atomic E-state index is 0.307. The first-order valence-electron chi connectivity index (χ1n) is 8.57. The van der Waals surface area contributed by atoms with E-state index in [0.717, 1.165) is 25.5 Å². The summed E-state index contributed by atoms with van der Waals surface area (Å²) in [5, 5.41) is 3.64. The molecule has 1 N–H and O–H groups in total. The first-order chi connectivity index (χ1) is 10.1. The van der Waals surface area contributed by atoms with Crippen molar-refractivity contribution in [3.8, 4) is 0 Å². The summed E-state index contributed by atoms with van der Waals surface area (Å²) in [6.07, 6.45) is 3.85. The van der Waals surface area contributed by atoms with Gasteiger partial charge in [-0.3, -0.25) is 0 Å². The molecule has 3 unspecified atom stereocenters. The Balaban J connectivity index is 2.03. The molecule has 2 heteroatoms. The summed E-state index contributed by atoms with van der Waals surface area (Å²) >= 11 is 0. The maximum Gasteiger partial charge on any atom is 0.0775 e. The number of hydrogen-bond acceptors (Lipinski definition) is 2. The van der Waals surface area contributed by atoms with E-state index < -0.39 is 0 Å². The van der Waals surface area contributed by atoms with Crippen molar-refractivity contribution >= 4 is 0 Å². The molecule has 3 atom stereocenters. The standard InChI is InChI=1S/C19H31NO/c1-5-20-19-17-11-7-6-10-16(17)15(4)13-18(19)21-12-8-9-14(2)3/h6-7,10-11,14-15,18-20H,5,8-9,12-13H2,1-4H3. The predicted molar refractivity (Wildman–Crippen MR) is 89.7 cm³/mol. The second-order valence-corrected chi connectivity index (χ2v) is 6.75. The van der Waals surface area contributed by atoms with Crippen molar-refractivity contribution in [2.45, 2.75) is 65.0 Å². The summed E-state index contributed by atoms with van der Waals surface area (Å²) in [6.45, 7) is 10.9. The Hall–Kier alpha value is -0.860. The fourth-order valence-electron chi connectivity index (χ4n) is 3.41. The Morgan fingerprint density at radius 2 is 1.95 bits per heavy atom. The third-order valence-corrected chi connectivity index (χ3v) is 4.50. The second kappa shape index (κ2) is 7.95. The Kier molecular flexibility index (Phi) is 6.25. The zero-order chi connectivity index (χ0) is 15.2. The average molecular weight is 289 g/mol. The van der Waals surface area contributed by atoms with Gasteiger partial charge < -0.3 is 10.1 Å². The van der Waals surface area contributed by atoms with Gasteiger partial charge in [-0.25, -0.2) is 0 Å². The van der Waals surface area contributed by atoms with Gasteiger partial charge in [0.1, 0.15) is 0 Å². The molecule has 0 amide bonds. The first-order valence-corrected chi connectivity index (χ1v) is 8.57. The molecule has 1 aliphatic rings. The van der Waals surface area contributed by atoms with Crippen LogP contribution < -0.4 is 5.32 Å². The lowest BCUT2D eigenvalue weighted by Gasteiger charge is -2.37. The van der Waals surface area contributed by atoms with Crippen LogP contribution in [0.5, 0.6) is 0 Å². The highest BCUT2D eigenvalue weighted by molar-refractivity contribution is 5.36. The number of likely N-dealkylation sites (N-methyl/N-ethyl adjacent to an activating group) is 1. The van der Waals surface area contributed by atoms with Crippen LogP contribution in [-0.2, 0) is 4.74 Å². The number of rotatable bonds is 7. The van der Waals surface area contributed by atoms with Crippen molar-refractivity contribution < 1.29 is 4.74 Å². The SMILES string of the molecule is CCNC1c2ccccc2C(C)CC1OCCCC(C)C. The number of fused-ring (bicyclic) bond motifs is 1. The molecule has 2 rings (SSSR count). The minimum absolute atomic E-state index is 0.307. The predicted octanol–water partition coefficient (Wildman–Crippen LogP) is 4.67. The normalized spacial score (nSPS) is 25.1. The molecule has 1 aliphatic carbocycles. The zero-order valence-electron chi connectivity index (χ0n) is 14.1. The quantitative estimate of drug-likeness (QED) is 0.737. The first kappa shape index (κ1) is 16.5. The molecule has 0 aromatic heterocycles. The summed E-state index contributed by atoms with van der Waals surface area (Å²) in [4.78, 5) is 0. The van der Waals surface area contributed by atoms with E-state index in [1.807, 2.05) is 0 Å². The minimum Gasteiger partial charge on any atom is -0.376 e. The Morgan fingerprint density at radius 3 is 2.62 bits per heavy atom. The molecular weight excluding hydrogens is 258 g/mol. The van der Waals surface area contributed by atoms with Crippen LogP contribution >= 0.6 is 0 Å². The van der Waals surface area contributed by atoms with E-state index >= 15 is 0 Å². The van der Waals surface area contributed by atoms with Crippen molar-refractivity contribution in [2.75, 3.05) is 13.2 Å². The van der Waals surface area contributed by atoms with E-state index in [1.165, 1.54) is 24.0 Å². The van der Waals surface area contributed by atoms with Gasteiger partial charge in [-0.2, -0.15) is 0 Å². The highest BCUT2D eigenvalue weighted by Crippen LogP contribution is 2.38. The Morgan fingerprint density at radius 1 is 1.24 bits per heavy atom. The highest BCUT2D eigenvalue weighted by atomic mass is 16.5. The van der Waals surface area contributed by atoms with E-state index in [4.69, 9.17) is 4.74 Å². The molecule has 0 spiro atoms. The van der Waals surface area contributed by atoms with Gasteiger partial charge in [0.25, 0.3) is 0 Å². The lowest BCUT2D eigenvalue weighted by Crippen LogP contribution is -2.38. The van der Waals surface area contributed by atoms with Crippen molar-refractivity contribution in [3.05, 3.63) is 35.4 Å². The van der Waals surface area contributed by atoms with Crippen LogP contribution in [0.3, 0.4) is 0 Å². The number of benzene rings is 1. The molecule has 0 radical (unpaired) electrons. The lowest BCUT2D eigenvalue weighted by atomic mass is 9.79. The van der Waals surface area contributed by atoms with Crippen LogP contribution in [0.4, 0.5) is 0 Å². The lowest BCUT2D eigenvalue weighted by molar-refractivity contribution is 0.00845. The van der Waals surface area contributed by atoms with E-state index in [1.54, 1.807) is 0 Å². The van der Waals surface area contributed by atoms with Gasteiger partial charge >= 0.3 is 0 Å². The summed E-state index contributed by atoms with van der Waals surface area (Å²) < 4.78 is 6.26.